The molecule has 4 aromatic rings. The number of nitrogens with one attached hydrogen (secondary N) is 3. The van der Waals surface area contributed by atoms with Crippen molar-refractivity contribution in [2.45, 2.75) is 31.6 Å². The predicted octanol–water partition coefficient (Wildman–Crippen LogP) is 5.23. The largest absolute Gasteiger partial charge is 0.416 e. The average Bonchev–Trinajstić information content (AvgIpc) is 3.65. The normalized spacial score (nSPS) is 15.7. The number of carbonyl (C=O) groups excluding carboxylic acids is 2. The number of hydrogen-bond donors (Lipinski definition) is 3. The third kappa shape index (κ3) is 11.3. The molecular formula is C40H40F3N9O2. The first-order valence-electron chi connectivity index (χ1n) is 17.3. The average molecular weight is 736 g/mol. The fourth-order valence-corrected chi connectivity index (χ4v) is 6.13. The van der Waals surface area contributed by atoms with Crippen molar-refractivity contribution in [1.82, 2.24) is 34.6 Å². The molecule has 2 fully saturated rings. The first kappa shape index (κ1) is 39.3. The van der Waals surface area contributed by atoms with Crippen LogP contribution in [0.3, 0.4) is 0 Å². The quantitative estimate of drug-likeness (QED) is 0.127. The molecule has 0 saturated carbocycles. The van der Waals surface area contributed by atoms with Crippen molar-refractivity contribution in [3.05, 3.63) is 112 Å². The number of alkyl halides is 3. The van der Waals surface area contributed by atoms with Crippen molar-refractivity contribution in [3.63, 3.8) is 0 Å². The first-order chi connectivity index (χ1) is 26.0. The molecule has 2 saturated heterocycles. The van der Waals surface area contributed by atoms with Crippen molar-refractivity contribution in [2.24, 2.45) is 0 Å². The number of piperazine rings is 1. The number of allylic oxidation sites excluding steroid dienone is 1. The Morgan fingerprint density at radius 3 is 2.44 bits per heavy atom. The van der Waals surface area contributed by atoms with Crippen LogP contribution in [0.4, 0.5) is 18.9 Å². The Balaban J connectivity index is 0.000000486. The van der Waals surface area contributed by atoms with Gasteiger partial charge < -0.3 is 20.6 Å². The molecule has 14 heteroatoms. The molecule has 0 atom stereocenters. The van der Waals surface area contributed by atoms with Gasteiger partial charge in [-0.15, -0.1) is 6.42 Å². The molecule has 3 N–H and O–H groups in total. The number of terminal acetylenes is 1. The summed E-state index contributed by atoms with van der Waals surface area (Å²) in [6.07, 6.45) is 14.8. The summed E-state index contributed by atoms with van der Waals surface area (Å²) in [5.41, 5.74) is 1.79. The van der Waals surface area contributed by atoms with Crippen molar-refractivity contribution >= 4 is 30.2 Å². The highest BCUT2D eigenvalue weighted by molar-refractivity contribution is 6.04. The van der Waals surface area contributed by atoms with Gasteiger partial charge in [0.2, 0.25) is 0 Å². The lowest BCUT2D eigenvalue weighted by Crippen LogP contribution is -2.52. The second-order valence-corrected chi connectivity index (χ2v) is 12.9. The van der Waals surface area contributed by atoms with Gasteiger partial charge in [-0.2, -0.15) is 13.2 Å². The summed E-state index contributed by atoms with van der Waals surface area (Å²) in [7, 11) is 2.13. The Morgan fingerprint density at radius 2 is 1.74 bits per heavy atom. The molecule has 6 rings (SSSR count). The molecule has 0 aliphatic carbocycles. The Hall–Kier alpha value is -5.93. The van der Waals surface area contributed by atoms with Crippen LogP contribution in [0.25, 0.3) is 6.08 Å². The molecule has 0 unspecified atom stereocenters. The number of benzene rings is 1. The number of carbonyl (C=O) groups is 2. The van der Waals surface area contributed by atoms with Crippen LogP contribution in [-0.2, 0) is 12.7 Å². The van der Waals surface area contributed by atoms with Crippen molar-refractivity contribution in [1.29, 1.82) is 5.41 Å². The fourth-order valence-electron chi connectivity index (χ4n) is 6.13. The number of aromatic nitrogens is 4. The summed E-state index contributed by atoms with van der Waals surface area (Å²) in [5, 5.41) is 9.61. The van der Waals surface area contributed by atoms with Gasteiger partial charge in [-0.1, -0.05) is 17.9 Å². The van der Waals surface area contributed by atoms with E-state index < -0.39 is 17.6 Å². The Morgan fingerprint density at radius 1 is 1.00 bits per heavy atom. The zero-order valence-electron chi connectivity index (χ0n) is 29.7. The second kappa shape index (κ2) is 18.7. The van der Waals surface area contributed by atoms with Crippen LogP contribution >= 0.6 is 0 Å². The van der Waals surface area contributed by atoms with Crippen LogP contribution in [-0.4, -0.2) is 105 Å². The minimum atomic E-state index is -4.56. The summed E-state index contributed by atoms with van der Waals surface area (Å²) < 4.78 is 42.4. The summed E-state index contributed by atoms with van der Waals surface area (Å²) in [6, 6.07) is 7.59. The maximum Gasteiger partial charge on any atom is 0.416 e. The molecule has 2 aliphatic heterocycles. The van der Waals surface area contributed by atoms with Crippen LogP contribution in [0, 0.1) is 29.6 Å². The van der Waals surface area contributed by atoms with Gasteiger partial charge in [0.15, 0.2) is 6.29 Å². The molecule has 0 spiro atoms. The van der Waals surface area contributed by atoms with E-state index in [9.17, 15) is 22.8 Å². The minimum absolute atomic E-state index is 0.0549. The Bertz CT molecular complexity index is 2060. The number of likely N-dealkylation sites (N-methyl/N-ethyl adjacent to an activating group) is 1. The number of anilines is 1. The molecule has 11 nitrogen and oxygen atoms in total. The predicted molar refractivity (Wildman–Crippen MR) is 201 cm³/mol. The lowest BCUT2D eigenvalue weighted by Gasteiger charge is -2.42. The number of pyridine rings is 2. The lowest BCUT2D eigenvalue weighted by molar-refractivity contribution is -0.138. The van der Waals surface area contributed by atoms with Gasteiger partial charge >= 0.3 is 6.18 Å². The number of amides is 1. The van der Waals surface area contributed by atoms with Crippen LogP contribution in [0.5, 0.6) is 0 Å². The zero-order chi connectivity index (χ0) is 38.5. The van der Waals surface area contributed by atoms with Crippen LogP contribution in [0.15, 0.2) is 67.4 Å². The number of hydrogen-bond acceptors (Lipinski definition) is 9. The summed E-state index contributed by atoms with van der Waals surface area (Å²) in [4.78, 5) is 45.0. The number of H-pyrrole nitrogens is 1. The molecule has 5 heterocycles. The standard InChI is InChI=1S/C32H35F3N8O.C8H5NO/c1-41-13-15-43(16-14-41)28-8-11-42(12-9-28)22-24-5-7-26(18-29(24)32(33,34)35)40-31(44)25-17-23(19-37-20-25)4-6-27-21-38-30(39-27)3-2-10-36;1-2-7-3-8(6-10)5-9-4-7/h2-3,5,7,10,17-21,28,36H,8-9,11-16,22H2,1H3,(H,38,39)(H,40,44);1,3-6H/b3-2-,36-10?;. The number of nitrogens with zero attached hydrogens (tertiary/aromatic N) is 6. The van der Waals surface area contributed by atoms with Gasteiger partial charge in [0.05, 0.1) is 17.3 Å². The number of aldehydes is 1. The summed E-state index contributed by atoms with van der Waals surface area (Å²) in [5.74, 6) is 8.12. The molecule has 1 amide bonds. The van der Waals surface area contributed by atoms with Crippen LogP contribution < -0.4 is 5.32 Å². The van der Waals surface area contributed by atoms with E-state index in [2.05, 4.69) is 64.8 Å². The highest BCUT2D eigenvalue weighted by Gasteiger charge is 2.35. The monoisotopic (exact) mass is 735 g/mol. The van der Waals surface area contributed by atoms with E-state index in [4.69, 9.17) is 11.8 Å². The van der Waals surface area contributed by atoms with E-state index in [0.717, 1.165) is 64.4 Å². The lowest BCUT2D eigenvalue weighted by atomic mass is 10.00. The number of aromatic amines is 1. The highest BCUT2D eigenvalue weighted by Crippen LogP contribution is 2.35. The summed E-state index contributed by atoms with van der Waals surface area (Å²) >= 11 is 0. The number of rotatable bonds is 8. The SMILES string of the molecule is C#Cc1cncc(C=O)c1.CN1CCN(C2CCN(Cc3ccc(NC(=O)c4cncc(C#Cc5cnc(/C=C\C=N)[nH]5)c4)cc3C(F)(F)F)CC2)CC1. The molecule has 54 heavy (non-hydrogen) atoms. The van der Waals surface area contributed by atoms with Gasteiger partial charge in [0, 0.05) is 92.1 Å². The van der Waals surface area contributed by atoms with E-state index in [-0.39, 0.29) is 23.4 Å². The topological polar surface area (TPSA) is 134 Å². The van der Waals surface area contributed by atoms with Crippen molar-refractivity contribution in [3.8, 4) is 24.2 Å². The van der Waals surface area contributed by atoms with Gasteiger partial charge in [-0.25, -0.2) is 4.98 Å². The maximum atomic E-state index is 14.1. The van der Waals surface area contributed by atoms with E-state index in [1.807, 2.05) is 0 Å². The van der Waals surface area contributed by atoms with Crippen molar-refractivity contribution in [2.75, 3.05) is 51.6 Å². The van der Waals surface area contributed by atoms with Gasteiger partial charge in [0.1, 0.15) is 11.5 Å². The molecule has 3 aromatic heterocycles. The minimum Gasteiger partial charge on any atom is -0.332 e. The van der Waals surface area contributed by atoms with E-state index in [0.29, 0.717) is 40.5 Å². The first-order valence-corrected chi connectivity index (χ1v) is 17.3. The third-order valence-corrected chi connectivity index (χ3v) is 9.03. The molecule has 278 valence electrons. The summed E-state index contributed by atoms with van der Waals surface area (Å²) in [6.45, 7) is 5.89. The Kier molecular flexibility index (Phi) is 13.6. The number of piperidine rings is 1. The maximum absolute atomic E-state index is 14.1. The molecule has 2 aliphatic rings. The van der Waals surface area contributed by atoms with Crippen LogP contribution in [0.1, 0.15) is 67.3 Å². The molecule has 0 radical (unpaired) electrons. The van der Waals surface area contributed by atoms with E-state index >= 15 is 0 Å². The van der Waals surface area contributed by atoms with E-state index in [1.165, 1.54) is 49.1 Å². The molecule has 0 bridgehead atoms. The molecular weight excluding hydrogens is 695 g/mol. The number of likely N-dealkylation sites (tertiary alicyclic amines) is 1. The third-order valence-electron chi connectivity index (χ3n) is 9.03. The van der Waals surface area contributed by atoms with Gasteiger partial charge in [0.25, 0.3) is 5.91 Å². The second-order valence-electron chi connectivity index (χ2n) is 12.9. The fraction of sp³-hybridized carbons (Fsp3) is 0.300. The molecule has 1 aromatic carbocycles. The van der Waals surface area contributed by atoms with Crippen molar-refractivity contribution < 1.29 is 22.8 Å². The zero-order valence-corrected chi connectivity index (χ0v) is 29.7. The van der Waals surface area contributed by atoms with Crippen LogP contribution in [0.2, 0.25) is 0 Å². The number of halogens is 3. The highest BCUT2D eigenvalue weighted by atomic mass is 19.4. The van der Waals surface area contributed by atoms with E-state index in [1.54, 1.807) is 18.3 Å². The Labute approximate surface area is 312 Å². The van der Waals surface area contributed by atoms with Gasteiger partial charge in [-0.3, -0.25) is 29.4 Å². The smallest absolute Gasteiger partial charge is 0.332 e. The van der Waals surface area contributed by atoms with Gasteiger partial charge in [-0.05, 0) is 80.9 Å². The number of imidazole rings is 1.